The van der Waals surface area contributed by atoms with Crippen LogP contribution in [0.25, 0.3) is 0 Å². The minimum atomic E-state index is -0.0684. The Morgan fingerprint density at radius 1 is 1.32 bits per heavy atom. The summed E-state index contributed by atoms with van der Waals surface area (Å²) in [7, 11) is 0. The number of amides is 1. The number of carbonyl (C=O) groups excluding carboxylic acids is 1. The molecule has 7 nitrogen and oxygen atoms in total. The minimum Gasteiger partial charge on any atom is -0.360 e. The number of likely N-dealkylation sites (tertiary alicyclic amines) is 1. The van der Waals surface area contributed by atoms with Crippen LogP contribution in [0.1, 0.15) is 71.0 Å². The van der Waals surface area contributed by atoms with Gasteiger partial charge in [0, 0.05) is 55.5 Å². The average molecular weight is 339 g/mol. The fourth-order valence-corrected chi connectivity index (χ4v) is 3.79. The van der Waals surface area contributed by atoms with Crippen molar-refractivity contribution < 1.29 is 9.32 Å². The lowest BCUT2D eigenvalue weighted by molar-refractivity contribution is 0.0719. The molecule has 0 bridgehead atoms. The Morgan fingerprint density at radius 3 is 3.12 bits per heavy atom. The summed E-state index contributed by atoms with van der Waals surface area (Å²) in [6, 6.07) is 1.75. The van der Waals surface area contributed by atoms with Gasteiger partial charge in [-0.2, -0.15) is 0 Å². The van der Waals surface area contributed by atoms with Crippen molar-refractivity contribution in [2.24, 2.45) is 0 Å². The van der Waals surface area contributed by atoms with Crippen molar-refractivity contribution in [3.8, 4) is 0 Å². The number of aromatic nitrogens is 3. The Balaban J connectivity index is 1.40. The Bertz CT molecular complexity index is 814. The van der Waals surface area contributed by atoms with Crippen LogP contribution < -0.4 is 5.32 Å². The molecule has 1 atom stereocenters. The lowest BCUT2D eigenvalue weighted by Crippen LogP contribution is -2.32. The van der Waals surface area contributed by atoms with Crippen molar-refractivity contribution in [3.63, 3.8) is 0 Å². The van der Waals surface area contributed by atoms with E-state index in [-0.39, 0.29) is 11.9 Å². The van der Waals surface area contributed by atoms with Crippen molar-refractivity contribution >= 4 is 5.91 Å². The molecule has 1 N–H and O–H groups in total. The van der Waals surface area contributed by atoms with E-state index in [0.29, 0.717) is 11.6 Å². The molecule has 1 aliphatic carbocycles. The summed E-state index contributed by atoms with van der Waals surface area (Å²) in [5.41, 5.74) is 2.69. The van der Waals surface area contributed by atoms with Gasteiger partial charge in [0.25, 0.3) is 5.91 Å². The highest BCUT2D eigenvalue weighted by Gasteiger charge is 2.35. The lowest BCUT2D eigenvalue weighted by Gasteiger charge is -2.24. The number of hydrogen-bond acceptors (Lipinski definition) is 6. The van der Waals surface area contributed by atoms with Crippen LogP contribution in [0, 0.1) is 0 Å². The molecule has 0 aromatic carbocycles. The van der Waals surface area contributed by atoms with E-state index in [0.717, 1.165) is 74.6 Å². The molecule has 4 heterocycles. The zero-order valence-corrected chi connectivity index (χ0v) is 14.1. The van der Waals surface area contributed by atoms with Gasteiger partial charge in [0.2, 0.25) is 0 Å². The van der Waals surface area contributed by atoms with Gasteiger partial charge in [-0.05, 0) is 25.7 Å². The van der Waals surface area contributed by atoms with Crippen LogP contribution in [0.5, 0.6) is 0 Å². The zero-order chi connectivity index (χ0) is 16.8. The summed E-state index contributed by atoms with van der Waals surface area (Å²) in [6.45, 7) is 2.49. The van der Waals surface area contributed by atoms with Crippen LogP contribution >= 0.6 is 0 Å². The molecule has 0 radical (unpaired) electrons. The maximum Gasteiger partial charge on any atom is 0.276 e. The van der Waals surface area contributed by atoms with Crippen molar-refractivity contribution in [1.29, 1.82) is 0 Å². The summed E-state index contributed by atoms with van der Waals surface area (Å²) in [6.07, 6.45) is 6.95. The number of rotatable bonds is 3. The SMILES string of the molecule is O=C(c1cc(C2CC2)on1)N1CCC[C@H]1c1ncc2c(n1)CCNC2. The number of carbonyl (C=O) groups is 1. The molecule has 3 aliphatic rings. The second-order valence-corrected chi connectivity index (χ2v) is 7.17. The third-order valence-electron chi connectivity index (χ3n) is 5.37. The van der Waals surface area contributed by atoms with Gasteiger partial charge in [-0.1, -0.05) is 5.16 Å². The smallest absolute Gasteiger partial charge is 0.276 e. The Kier molecular flexibility index (Phi) is 3.55. The maximum absolute atomic E-state index is 12.9. The molecule has 1 saturated carbocycles. The molecule has 1 amide bonds. The molecular formula is C18H21N5O2. The van der Waals surface area contributed by atoms with Gasteiger partial charge >= 0.3 is 0 Å². The van der Waals surface area contributed by atoms with E-state index in [2.05, 4.69) is 15.5 Å². The predicted octanol–water partition coefficient (Wildman–Crippen LogP) is 1.97. The Morgan fingerprint density at radius 2 is 2.24 bits per heavy atom. The van der Waals surface area contributed by atoms with E-state index in [9.17, 15) is 4.79 Å². The third-order valence-corrected chi connectivity index (χ3v) is 5.37. The molecule has 1 saturated heterocycles. The molecule has 2 aliphatic heterocycles. The molecule has 2 aromatic rings. The minimum absolute atomic E-state index is 0.0613. The van der Waals surface area contributed by atoms with E-state index in [1.165, 1.54) is 0 Å². The van der Waals surface area contributed by atoms with E-state index in [1.807, 2.05) is 17.2 Å². The Labute approximate surface area is 145 Å². The van der Waals surface area contributed by atoms with Gasteiger partial charge in [-0.25, -0.2) is 9.97 Å². The van der Waals surface area contributed by atoms with Gasteiger partial charge in [0.15, 0.2) is 11.5 Å². The van der Waals surface area contributed by atoms with Crippen LogP contribution in [0.4, 0.5) is 0 Å². The standard InChI is InChI=1S/C18H21N5O2/c24-18(14-8-16(25-22-14)11-3-4-11)23-7-1-2-15(23)17-20-10-12-9-19-6-5-13(12)21-17/h8,10-11,15,19H,1-7,9H2/t15-/m0/s1. The number of fused-ring (bicyclic) bond motifs is 1. The second kappa shape index (κ2) is 5.91. The van der Waals surface area contributed by atoms with Crippen molar-refractivity contribution in [3.05, 3.63) is 40.8 Å². The van der Waals surface area contributed by atoms with Crippen LogP contribution in [0.2, 0.25) is 0 Å². The van der Waals surface area contributed by atoms with E-state index in [4.69, 9.17) is 9.51 Å². The highest BCUT2D eigenvalue weighted by atomic mass is 16.5. The molecule has 2 aromatic heterocycles. The normalized spacial score (nSPS) is 22.9. The maximum atomic E-state index is 12.9. The van der Waals surface area contributed by atoms with Gasteiger partial charge < -0.3 is 14.7 Å². The predicted molar refractivity (Wildman–Crippen MR) is 88.9 cm³/mol. The molecule has 5 rings (SSSR count). The highest BCUT2D eigenvalue weighted by molar-refractivity contribution is 5.92. The zero-order valence-electron chi connectivity index (χ0n) is 14.1. The van der Waals surface area contributed by atoms with Crippen molar-refractivity contribution in [2.75, 3.05) is 13.1 Å². The van der Waals surface area contributed by atoms with Crippen LogP contribution in [0.15, 0.2) is 16.8 Å². The fraction of sp³-hybridized carbons (Fsp3) is 0.556. The number of nitrogens with one attached hydrogen (secondary N) is 1. The fourth-order valence-electron chi connectivity index (χ4n) is 3.79. The molecule has 130 valence electrons. The van der Waals surface area contributed by atoms with Gasteiger partial charge in [0.05, 0.1) is 6.04 Å². The lowest BCUT2D eigenvalue weighted by atomic mass is 10.1. The average Bonchev–Trinajstić information content (AvgIpc) is 3.19. The first-order valence-electron chi connectivity index (χ1n) is 9.12. The molecule has 25 heavy (non-hydrogen) atoms. The van der Waals surface area contributed by atoms with Gasteiger partial charge in [-0.15, -0.1) is 0 Å². The summed E-state index contributed by atoms with van der Waals surface area (Å²) >= 11 is 0. The number of hydrogen-bond donors (Lipinski definition) is 1. The van der Waals surface area contributed by atoms with Gasteiger partial charge in [0.1, 0.15) is 5.76 Å². The van der Waals surface area contributed by atoms with Crippen LogP contribution in [0.3, 0.4) is 0 Å². The number of nitrogens with zero attached hydrogens (tertiary/aromatic N) is 4. The van der Waals surface area contributed by atoms with E-state index in [1.54, 1.807) is 0 Å². The van der Waals surface area contributed by atoms with Crippen molar-refractivity contribution in [1.82, 2.24) is 25.3 Å². The first-order chi connectivity index (χ1) is 12.3. The van der Waals surface area contributed by atoms with Crippen molar-refractivity contribution in [2.45, 2.75) is 50.6 Å². The summed E-state index contributed by atoms with van der Waals surface area (Å²) in [4.78, 5) is 24.1. The van der Waals surface area contributed by atoms with E-state index >= 15 is 0 Å². The molecule has 2 fully saturated rings. The first kappa shape index (κ1) is 15.0. The Hall–Kier alpha value is -2.28. The summed E-state index contributed by atoms with van der Waals surface area (Å²) in [5.74, 6) is 2.00. The molecule has 0 spiro atoms. The van der Waals surface area contributed by atoms with Crippen LogP contribution in [-0.4, -0.2) is 39.0 Å². The monoisotopic (exact) mass is 339 g/mol. The largest absolute Gasteiger partial charge is 0.360 e. The third kappa shape index (κ3) is 2.72. The van der Waals surface area contributed by atoms with Gasteiger partial charge in [-0.3, -0.25) is 4.79 Å². The van der Waals surface area contributed by atoms with E-state index < -0.39 is 0 Å². The molecule has 7 heteroatoms. The van der Waals surface area contributed by atoms with Crippen LogP contribution in [-0.2, 0) is 13.0 Å². The second-order valence-electron chi connectivity index (χ2n) is 7.17. The quantitative estimate of drug-likeness (QED) is 0.920. The molecule has 0 unspecified atom stereocenters. The highest BCUT2D eigenvalue weighted by Crippen LogP contribution is 2.40. The summed E-state index contributed by atoms with van der Waals surface area (Å²) in [5, 5.41) is 7.34. The summed E-state index contributed by atoms with van der Waals surface area (Å²) < 4.78 is 5.35. The first-order valence-corrected chi connectivity index (χ1v) is 9.12. The molecular weight excluding hydrogens is 318 g/mol. The topological polar surface area (TPSA) is 84.2 Å².